The van der Waals surface area contributed by atoms with E-state index in [9.17, 15) is 14.7 Å². The SMILES string of the molecule is CCC1CN(c2ccc(C(=O)CCc3ccc(N)cc3)cc2)CCN1C(=O)O. The Morgan fingerprint density at radius 3 is 2.36 bits per heavy atom. The zero-order valence-electron chi connectivity index (χ0n) is 16.2. The van der Waals surface area contributed by atoms with Gasteiger partial charge in [0, 0.05) is 43.0 Å². The van der Waals surface area contributed by atoms with Gasteiger partial charge in [0.15, 0.2) is 5.78 Å². The second kappa shape index (κ2) is 8.78. The summed E-state index contributed by atoms with van der Waals surface area (Å²) < 4.78 is 0. The van der Waals surface area contributed by atoms with Crippen molar-refractivity contribution in [1.29, 1.82) is 0 Å². The molecule has 0 aromatic heterocycles. The number of hydrogen-bond acceptors (Lipinski definition) is 4. The number of amides is 1. The van der Waals surface area contributed by atoms with Gasteiger partial charge in [-0.1, -0.05) is 19.1 Å². The molecule has 1 aliphatic rings. The first-order valence-corrected chi connectivity index (χ1v) is 9.70. The predicted molar refractivity (Wildman–Crippen MR) is 111 cm³/mol. The molecule has 3 rings (SSSR count). The summed E-state index contributed by atoms with van der Waals surface area (Å²) in [5.74, 6) is 0.116. The number of hydrogen-bond donors (Lipinski definition) is 2. The van der Waals surface area contributed by atoms with Gasteiger partial charge in [-0.3, -0.25) is 4.79 Å². The Kier molecular flexibility index (Phi) is 6.19. The van der Waals surface area contributed by atoms with Gasteiger partial charge < -0.3 is 20.6 Å². The Hall–Kier alpha value is -3.02. The van der Waals surface area contributed by atoms with Crippen molar-refractivity contribution in [2.24, 2.45) is 0 Å². The van der Waals surface area contributed by atoms with Gasteiger partial charge in [-0.25, -0.2) is 4.79 Å². The highest BCUT2D eigenvalue weighted by molar-refractivity contribution is 5.96. The maximum atomic E-state index is 12.5. The molecule has 2 aromatic rings. The molecule has 3 N–H and O–H groups in total. The third-order valence-corrected chi connectivity index (χ3v) is 5.37. The van der Waals surface area contributed by atoms with Crippen LogP contribution in [0.25, 0.3) is 0 Å². The summed E-state index contributed by atoms with van der Waals surface area (Å²) >= 11 is 0. The first-order valence-electron chi connectivity index (χ1n) is 9.70. The van der Waals surface area contributed by atoms with E-state index in [4.69, 9.17) is 5.73 Å². The minimum Gasteiger partial charge on any atom is -0.465 e. The van der Waals surface area contributed by atoms with Gasteiger partial charge in [0.2, 0.25) is 0 Å². The van der Waals surface area contributed by atoms with Gasteiger partial charge in [0.25, 0.3) is 0 Å². The molecule has 2 aromatic carbocycles. The summed E-state index contributed by atoms with van der Waals surface area (Å²) in [5, 5.41) is 9.30. The van der Waals surface area contributed by atoms with Crippen molar-refractivity contribution in [3.8, 4) is 0 Å². The number of rotatable bonds is 6. The molecule has 0 aliphatic carbocycles. The van der Waals surface area contributed by atoms with E-state index in [1.807, 2.05) is 55.5 Å². The number of ketones is 1. The zero-order valence-corrected chi connectivity index (χ0v) is 16.2. The first kappa shape index (κ1) is 19.7. The number of carbonyl (C=O) groups excluding carboxylic acids is 1. The number of nitrogen functional groups attached to an aromatic ring is 1. The summed E-state index contributed by atoms with van der Waals surface area (Å²) in [6.45, 7) is 3.84. The third kappa shape index (κ3) is 4.63. The fourth-order valence-corrected chi connectivity index (χ4v) is 3.64. The Morgan fingerprint density at radius 2 is 1.75 bits per heavy atom. The van der Waals surface area contributed by atoms with E-state index in [0.717, 1.165) is 23.4 Å². The fourth-order valence-electron chi connectivity index (χ4n) is 3.64. The number of benzene rings is 2. The van der Waals surface area contributed by atoms with E-state index in [-0.39, 0.29) is 11.8 Å². The molecule has 0 bridgehead atoms. The molecule has 1 amide bonds. The number of piperazine rings is 1. The molecular formula is C22H27N3O3. The van der Waals surface area contributed by atoms with Gasteiger partial charge in [-0.05, 0) is 54.8 Å². The highest BCUT2D eigenvalue weighted by atomic mass is 16.4. The van der Waals surface area contributed by atoms with Gasteiger partial charge in [0.05, 0.1) is 6.04 Å². The summed E-state index contributed by atoms with van der Waals surface area (Å²) in [6, 6.07) is 15.2. The van der Waals surface area contributed by atoms with Crippen LogP contribution in [0.4, 0.5) is 16.2 Å². The standard InChI is InChI=1S/C22H27N3O3/c1-2-19-15-24(13-14-25(19)22(27)28)20-10-6-17(7-11-20)21(26)12-5-16-3-8-18(23)9-4-16/h3-4,6-11,19H,2,5,12-15,23H2,1H3,(H,27,28). The molecule has 1 heterocycles. The molecule has 28 heavy (non-hydrogen) atoms. The number of Topliss-reactive ketones (excluding diaryl/α,β-unsaturated/α-hetero) is 1. The number of carboxylic acid groups (broad SMARTS) is 1. The molecule has 1 atom stereocenters. The van der Waals surface area contributed by atoms with Gasteiger partial charge >= 0.3 is 6.09 Å². The number of aryl methyl sites for hydroxylation is 1. The average molecular weight is 381 g/mol. The lowest BCUT2D eigenvalue weighted by molar-refractivity contribution is 0.0982. The van der Waals surface area contributed by atoms with Crippen LogP contribution in [-0.4, -0.2) is 47.6 Å². The second-order valence-corrected chi connectivity index (χ2v) is 7.20. The molecule has 0 spiro atoms. The van der Waals surface area contributed by atoms with Crippen LogP contribution >= 0.6 is 0 Å². The van der Waals surface area contributed by atoms with E-state index in [1.54, 1.807) is 0 Å². The lowest BCUT2D eigenvalue weighted by Crippen LogP contribution is -2.54. The fraction of sp³-hybridized carbons (Fsp3) is 0.364. The highest BCUT2D eigenvalue weighted by Gasteiger charge is 2.29. The summed E-state index contributed by atoms with van der Waals surface area (Å²) in [4.78, 5) is 27.5. The van der Waals surface area contributed by atoms with Gasteiger partial charge in [-0.2, -0.15) is 0 Å². The molecule has 1 aliphatic heterocycles. The Bertz CT molecular complexity index is 818. The lowest BCUT2D eigenvalue weighted by Gasteiger charge is -2.40. The Morgan fingerprint density at radius 1 is 1.07 bits per heavy atom. The summed E-state index contributed by atoms with van der Waals surface area (Å²) in [7, 11) is 0. The van der Waals surface area contributed by atoms with E-state index in [1.165, 1.54) is 4.90 Å². The quantitative estimate of drug-likeness (QED) is 0.589. The number of nitrogens with zero attached hydrogens (tertiary/aromatic N) is 2. The Labute approximate surface area is 165 Å². The largest absolute Gasteiger partial charge is 0.465 e. The van der Waals surface area contributed by atoms with Crippen molar-refractivity contribution in [3.05, 3.63) is 59.7 Å². The lowest BCUT2D eigenvalue weighted by atomic mass is 10.0. The topological polar surface area (TPSA) is 86.9 Å². The van der Waals surface area contributed by atoms with Crippen LogP contribution in [0.5, 0.6) is 0 Å². The molecule has 148 valence electrons. The third-order valence-electron chi connectivity index (χ3n) is 5.37. The van der Waals surface area contributed by atoms with E-state index in [0.29, 0.717) is 38.0 Å². The van der Waals surface area contributed by atoms with Crippen molar-refractivity contribution in [3.63, 3.8) is 0 Å². The molecule has 1 saturated heterocycles. The summed E-state index contributed by atoms with van der Waals surface area (Å²) in [6.07, 6.45) is 1.08. The van der Waals surface area contributed by atoms with Gasteiger partial charge in [-0.15, -0.1) is 0 Å². The van der Waals surface area contributed by atoms with Crippen LogP contribution in [0.15, 0.2) is 48.5 Å². The molecule has 0 radical (unpaired) electrons. The Balaban J connectivity index is 1.59. The maximum absolute atomic E-state index is 12.5. The van der Waals surface area contributed by atoms with Crippen molar-refractivity contribution >= 4 is 23.3 Å². The van der Waals surface area contributed by atoms with Crippen LogP contribution in [0.1, 0.15) is 35.7 Å². The van der Waals surface area contributed by atoms with E-state index < -0.39 is 6.09 Å². The van der Waals surface area contributed by atoms with Crippen LogP contribution < -0.4 is 10.6 Å². The van der Waals surface area contributed by atoms with E-state index >= 15 is 0 Å². The molecule has 0 saturated carbocycles. The first-order chi connectivity index (χ1) is 13.5. The predicted octanol–water partition coefficient (Wildman–Crippen LogP) is 3.66. The van der Waals surface area contributed by atoms with Crippen LogP contribution in [0.2, 0.25) is 0 Å². The van der Waals surface area contributed by atoms with Gasteiger partial charge in [0.1, 0.15) is 0 Å². The molecule has 1 unspecified atom stereocenters. The van der Waals surface area contributed by atoms with Crippen LogP contribution in [-0.2, 0) is 6.42 Å². The monoisotopic (exact) mass is 381 g/mol. The summed E-state index contributed by atoms with van der Waals surface area (Å²) in [5.41, 5.74) is 9.24. The molecule has 6 nitrogen and oxygen atoms in total. The van der Waals surface area contributed by atoms with Crippen LogP contribution in [0, 0.1) is 0 Å². The molecule has 6 heteroatoms. The smallest absolute Gasteiger partial charge is 0.407 e. The van der Waals surface area contributed by atoms with Crippen LogP contribution in [0.3, 0.4) is 0 Å². The minimum absolute atomic E-state index is 0.00697. The second-order valence-electron chi connectivity index (χ2n) is 7.20. The number of nitrogens with two attached hydrogens (primary N) is 1. The van der Waals surface area contributed by atoms with E-state index in [2.05, 4.69) is 4.90 Å². The maximum Gasteiger partial charge on any atom is 0.407 e. The minimum atomic E-state index is -0.853. The number of carbonyl (C=O) groups is 2. The molecular weight excluding hydrogens is 354 g/mol. The van der Waals surface area contributed by atoms with Crippen molar-refractivity contribution in [1.82, 2.24) is 4.90 Å². The average Bonchev–Trinajstić information content (AvgIpc) is 2.72. The van der Waals surface area contributed by atoms with Crippen molar-refractivity contribution in [2.45, 2.75) is 32.2 Å². The van der Waals surface area contributed by atoms with Crippen molar-refractivity contribution < 1.29 is 14.7 Å². The highest BCUT2D eigenvalue weighted by Crippen LogP contribution is 2.22. The van der Waals surface area contributed by atoms with Crippen molar-refractivity contribution in [2.75, 3.05) is 30.3 Å². The normalized spacial score (nSPS) is 16.8. The molecule has 1 fully saturated rings. The zero-order chi connectivity index (χ0) is 20.1. The number of anilines is 2.